The average Bonchev–Trinajstić information content (AvgIpc) is 2.69. The van der Waals surface area contributed by atoms with Gasteiger partial charge in [0.15, 0.2) is 0 Å². The number of carbonyl (C=O) groups is 1. The molecule has 0 aliphatic rings. The fraction of sp³-hybridized carbons (Fsp3) is 0.190. The minimum atomic E-state index is -0.196. The van der Waals surface area contributed by atoms with E-state index in [0.29, 0.717) is 15.6 Å². The number of halogens is 2. The third-order valence-electron chi connectivity index (χ3n) is 4.45. The lowest BCUT2D eigenvalue weighted by atomic mass is 9.86. The predicted octanol–water partition coefficient (Wildman–Crippen LogP) is 4.93. The second-order valence-electron chi connectivity index (χ2n) is 6.38. The summed E-state index contributed by atoms with van der Waals surface area (Å²) in [5.74, 6) is -0.129. The van der Waals surface area contributed by atoms with E-state index in [1.165, 1.54) is 18.7 Å². The van der Waals surface area contributed by atoms with Crippen LogP contribution >= 0.6 is 23.2 Å². The fourth-order valence-corrected chi connectivity index (χ4v) is 3.23. The Balaban J connectivity index is 1.82. The van der Waals surface area contributed by atoms with Crippen LogP contribution in [0.25, 0.3) is 0 Å². The van der Waals surface area contributed by atoms with E-state index in [0.717, 1.165) is 17.5 Å². The smallest absolute Gasteiger partial charge is 0.254 e. The van der Waals surface area contributed by atoms with Crippen molar-refractivity contribution in [2.45, 2.75) is 25.3 Å². The number of hydrogen-bond acceptors (Lipinski definition) is 3. The summed E-state index contributed by atoms with van der Waals surface area (Å²) in [5, 5.41) is 4.45. The van der Waals surface area contributed by atoms with Gasteiger partial charge in [0, 0.05) is 34.4 Å². The van der Waals surface area contributed by atoms with Crippen LogP contribution < -0.4 is 5.32 Å². The van der Waals surface area contributed by atoms with Gasteiger partial charge >= 0.3 is 0 Å². The Labute approximate surface area is 168 Å². The lowest BCUT2D eigenvalue weighted by molar-refractivity contribution is 0.0933. The summed E-state index contributed by atoms with van der Waals surface area (Å²) in [4.78, 5) is 20.3. The Morgan fingerprint density at radius 2 is 1.52 bits per heavy atom. The van der Waals surface area contributed by atoms with Crippen LogP contribution in [0, 0.1) is 0 Å². The zero-order valence-electron chi connectivity index (χ0n) is 14.8. The fourth-order valence-electron chi connectivity index (χ4n) is 2.97. The molecule has 2 aromatic carbocycles. The Kier molecular flexibility index (Phi) is 6.43. The molecule has 4 nitrogen and oxygen atoms in total. The van der Waals surface area contributed by atoms with Gasteiger partial charge in [0.2, 0.25) is 0 Å². The molecule has 0 saturated heterocycles. The molecule has 1 N–H and O–H groups in total. The number of hydrogen-bond donors (Lipinski definition) is 1. The van der Waals surface area contributed by atoms with Crippen molar-refractivity contribution in [1.82, 2.24) is 15.3 Å². The Morgan fingerprint density at radius 3 is 2.11 bits per heavy atom. The van der Waals surface area contributed by atoms with Crippen LogP contribution in [0.1, 0.15) is 34.3 Å². The minimum Gasteiger partial charge on any atom is -0.349 e. The van der Waals surface area contributed by atoms with E-state index < -0.39 is 0 Å². The molecule has 27 heavy (non-hydrogen) atoms. The van der Waals surface area contributed by atoms with Crippen LogP contribution in [-0.4, -0.2) is 21.9 Å². The first-order chi connectivity index (χ1) is 13.0. The molecular weight excluding hydrogens is 381 g/mol. The van der Waals surface area contributed by atoms with Crippen LogP contribution in [0.5, 0.6) is 0 Å². The number of nitrogens with zero attached hydrogens (tertiary/aromatic N) is 2. The number of rotatable bonds is 6. The first-order valence-corrected chi connectivity index (χ1v) is 9.34. The van der Waals surface area contributed by atoms with Crippen molar-refractivity contribution in [1.29, 1.82) is 0 Å². The van der Waals surface area contributed by atoms with Crippen molar-refractivity contribution in [3.8, 4) is 0 Å². The van der Waals surface area contributed by atoms with Crippen molar-refractivity contribution in [3.05, 3.63) is 94.0 Å². The van der Waals surface area contributed by atoms with Gasteiger partial charge in [-0.1, -0.05) is 47.5 Å². The topological polar surface area (TPSA) is 54.9 Å². The van der Waals surface area contributed by atoms with Crippen molar-refractivity contribution in [2.24, 2.45) is 0 Å². The second-order valence-corrected chi connectivity index (χ2v) is 7.25. The molecule has 0 fully saturated rings. The highest BCUT2D eigenvalue weighted by Gasteiger charge is 2.22. The molecule has 0 bridgehead atoms. The summed E-state index contributed by atoms with van der Waals surface area (Å²) in [6, 6.07) is 15.4. The lowest BCUT2D eigenvalue weighted by Gasteiger charge is -2.26. The van der Waals surface area contributed by atoms with Gasteiger partial charge < -0.3 is 5.32 Å². The summed E-state index contributed by atoms with van der Waals surface area (Å²) >= 11 is 12.0. The van der Waals surface area contributed by atoms with Crippen LogP contribution in [0.15, 0.2) is 67.3 Å². The van der Waals surface area contributed by atoms with Gasteiger partial charge in [0.05, 0.1) is 5.56 Å². The summed E-state index contributed by atoms with van der Waals surface area (Å²) in [6.45, 7) is 2.00. The maximum Gasteiger partial charge on any atom is 0.254 e. The second kappa shape index (κ2) is 8.98. The van der Waals surface area contributed by atoms with E-state index in [-0.39, 0.29) is 17.9 Å². The molecule has 1 heterocycles. The molecule has 1 aromatic heterocycles. The number of benzene rings is 2. The van der Waals surface area contributed by atoms with E-state index in [2.05, 4.69) is 15.3 Å². The summed E-state index contributed by atoms with van der Waals surface area (Å²) in [7, 11) is 0. The number of amides is 1. The Hall–Kier alpha value is -2.43. The van der Waals surface area contributed by atoms with Gasteiger partial charge in [-0.25, -0.2) is 9.97 Å². The summed E-state index contributed by atoms with van der Waals surface area (Å²) < 4.78 is 0. The standard InChI is InChI=1S/C21H19Cl2N3O/c1-14(26-21(27)17-11-24-13-25-12-17)20(16-4-8-19(23)9-5-16)10-15-2-6-18(22)7-3-15/h2-9,11-14,20H,10H2,1H3,(H,26,27). The largest absolute Gasteiger partial charge is 0.349 e. The summed E-state index contributed by atoms with van der Waals surface area (Å²) in [5.41, 5.74) is 2.68. The minimum absolute atomic E-state index is 0.0667. The van der Waals surface area contributed by atoms with Crippen molar-refractivity contribution < 1.29 is 4.79 Å². The molecule has 0 radical (unpaired) electrons. The molecule has 6 heteroatoms. The first kappa shape index (κ1) is 19.3. The zero-order valence-corrected chi connectivity index (χ0v) is 16.3. The van der Waals surface area contributed by atoms with Crippen LogP contribution in [0.2, 0.25) is 10.0 Å². The average molecular weight is 400 g/mol. The van der Waals surface area contributed by atoms with E-state index in [1.807, 2.05) is 55.5 Å². The highest BCUT2D eigenvalue weighted by atomic mass is 35.5. The molecule has 0 saturated carbocycles. The van der Waals surface area contributed by atoms with Crippen molar-refractivity contribution in [2.75, 3.05) is 0 Å². The Bertz CT molecular complexity index is 884. The number of aromatic nitrogens is 2. The third kappa shape index (κ3) is 5.28. The van der Waals surface area contributed by atoms with E-state index in [1.54, 1.807) is 0 Å². The van der Waals surface area contributed by atoms with Gasteiger partial charge in [0.25, 0.3) is 5.91 Å². The summed E-state index contributed by atoms with van der Waals surface area (Å²) in [6.07, 6.45) is 5.17. The molecule has 138 valence electrons. The van der Waals surface area contributed by atoms with Crippen molar-refractivity contribution in [3.63, 3.8) is 0 Å². The monoisotopic (exact) mass is 399 g/mol. The van der Waals surface area contributed by atoms with Gasteiger partial charge in [-0.2, -0.15) is 0 Å². The molecule has 2 unspecified atom stereocenters. The van der Waals surface area contributed by atoms with Crippen LogP contribution in [0.4, 0.5) is 0 Å². The third-order valence-corrected chi connectivity index (χ3v) is 4.96. The first-order valence-electron chi connectivity index (χ1n) is 8.58. The van der Waals surface area contributed by atoms with Gasteiger partial charge in [0.1, 0.15) is 6.33 Å². The zero-order chi connectivity index (χ0) is 19.2. The Morgan fingerprint density at radius 1 is 0.963 bits per heavy atom. The van der Waals surface area contributed by atoms with E-state index in [4.69, 9.17) is 23.2 Å². The highest BCUT2D eigenvalue weighted by molar-refractivity contribution is 6.30. The van der Waals surface area contributed by atoms with E-state index in [9.17, 15) is 4.79 Å². The molecule has 0 aliphatic heterocycles. The molecule has 3 aromatic rings. The quantitative estimate of drug-likeness (QED) is 0.639. The van der Waals surface area contributed by atoms with Gasteiger partial charge in [-0.3, -0.25) is 4.79 Å². The molecular formula is C21H19Cl2N3O. The molecule has 1 amide bonds. The number of nitrogens with one attached hydrogen (secondary N) is 1. The maximum absolute atomic E-state index is 12.5. The SMILES string of the molecule is CC(NC(=O)c1cncnc1)C(Cc1ccc(Cl)cc1)c1ccc(Cl)cc1. The predicted molar refractivity (Wildman–Crippen MR) is 108 cm³/mol. The van der Waals surface area contributed by atoms with Crippen molar-refractivity contribution >= 4 is 29.1 Å². The molecule has 0 spiro atoms. The molecule has 0 aliphatic carbocycles. The lowest BCUT2D eigenvalue weighted by Crippen LogP contribution is -2.38. The number of carbonyl (C=O) groups excluding carboxylic acids is 1. The van der Waals surface area contributed by atoms with Gasteiger partial charge in [-0.15, -0.1) is 0 Å². The highest BCUT2D eigenvalue weighted by Crippen LogP contribution is 2.27. The molecule has 3 rings (SSSR count). The normalized spacial score (nSPS) is 13.0. The van der Waals surface area contributed by atoms with Crippen LogP contribution in [-0.2, 0) is 6.42 Å². The van der Waals surface area contributed by atoms with E-state index >= 15 is 0 Å². The van der Waals surface area contributed by atoms with Gasteiger partial charge in [-0.05, 0) is 48.7 Å². The van der Waals surface area contributed by atoms with Crippen LogP contribution in [0.3, 0.4) is 0 Å². The molecule has 2 atom stereocenters. The maximum atomic E-state index is 12.5.